The van der Waals surface area contributed by atoms with E-state index in [1.165, 1.54) is 18.0 Å². The number of para-hydroxylation sites is 2. The summed E-state index contributed by atoms with van der Waals surface area (Å²) in [5, 5.41) is 0.482. The van der Waals surface area contributed by atoms with Crippen molar-refractivity contribution >= 4 is 23.5 Å². The zero-order chi connectivity index (χ0) is 19.1. The molecule has 0 saturated heterocycles. The number of carbonyl (C=O) groups is 1. The van der Waals surface area contributed by atoms with Gasteiger partial charge in [0.2, 0.25) is 0 Å². The van der Waals surface area contributed by atoms with E-state index in [1.807, 2.05) is 54.6 Å². The second-order valence-corrected chi connectivity index (χ2v) is 6.43. The predicted octanol–water partition coefficient (Wildman–Crippen LogP) is 4.32. The van der Waals surface area contributed by atoms with E-state index >= 15 is 0 Å². The number of hydrogen-bond acceptors (Lipinski definition) is 7. The fourth-order valence-electron chi connectivity index (χ4n) is 2.29. The topological polar surface area (TPSA) is 87.3 Å². The first kappa shape index (κ1) is 18.7. The predicted molar refractivity (Wildman–Crippen MR) is 105 cm³/mol. The van der Waals surface area contributed by atoms with Gasteiger partial charge in [0.25, 0.3) is 0 Å². The quantitative estimate of drug-likeness (QED) is 0.370. The van der Waals surface area contributed by atoms with E-state index in [0.717, 1.165) is 17.1 Å². The summed E-state index contributed by atoms with van der Waals surface area (Å²) in [6.45, 7) is 2.00. The number of aromatic nitrogens is 2. The third-order valence-electron chi connectivity index (χ3n) is 3.59. The van der Waals surface area contributed by atoms with Crippen molar-refractivity contribution in [3.05, 3.63) is 71.9 Å². The third-order valence-corrected chi connectivity index (χ3v) is 4.50. The van der Waals surface area contributed by atoms with Gasteiger partial charge in [0.05, 0.1) is 6.61 Å². The monoisotopic (exact) mass is 381 g/mol. The van der Waals surface area contributed by atoms with Gasteiger partial charge >= 0.3 is 5.97 Å². The molecule has 2 N–H and O–H groups in total. The van der Waals surface area contributed by atoms with Crippen LogP contribution in [0.5, 0.6) is 11.5 Å². The molecule has 0 radical (unpaired) electrons. The zero-order valence-electron chi connectivity index (χ0n) is 14.8. The number of carbonyl (C=O) groups excluding carboxylic acids is 1. The SMILES string of the molecule is CCOC(=O)c1cnc(SCc2ccccc2Oc2ccccc2)nc1N. The number of esters is 1. The smallest absolute Gasteiger partial charge is 0.343 e. The Balaban J connectivity index is 1.70. The summed E-state index contributed by atoms with van der Waals surface area (Å²) in [5.74, 6) is 1.73. The van der Waals surface area contributed by atoms with Gasteiger partial charge in [-0.3, -0.25) is 0 Å². The summed E-state index contributed by atoms with van der Waals surface area (Å²) in [4.78, 5) is 20.2. The fourth-order valence-corrected chi connectivity index (χ4v) is 3.11. The second kappa shape index (κ2) is 9.05. The number of hydrogen-bond donors (Lipinski definition) is 1. The van der Waals surface area contributed by atoms with Gasteiger partial charge in [-0.1, -0.05) is 48.2 Å². The highest BCUT2D eigenvalue weighted by molar-refractivity contribution is 7.98. The van der Waals surface area contributed by atoms with Crippen LogP contribution in [0.4, 0.5) is 5.82 Å². The van der Waals surface area contributed by atoms with Gasteiger partial charge in [-0.05, 0) is 25.1 Å². The number of thioether (sulfide) groups is 1. The molecule has 0 amide bonds. The Morgan fingerprint density at radius 1 is 1.11 bits per heavy atom. The van der Waals surface area contributed by atoms with Crippen molar-refractivity contribution < 1.29 is 14.3 Å². The van der Waals surface area contributed by atoms with Crippen molar-refractivity contribution in [1.82, 2.24) is 9.97 Å². The molecular weight excluding hydrogens is 362 g/mol. The van der Waals surface area contributed by atoms with Crippen LogP contribution in [-0.2, 0) is 10.5 Å². The minimum atomic E-state index is -0.520. The highest BCUT2D eigenvalue weighted by atomic mass is 32.2. The molecular formula is C20H19N3O3S. The van der Waals surface area contributed by atoms with E-state index in [9.17, 15) is 4.79 Å². The first-order valence-corrected chi connectivity index (χ1v) is 9.39. The maximum absolute atomic E-state index is 11.8. The standard InChI is InChI=1S/C20H19N3O3S/c1-2-25-19(24)16-12-22-20(23-18(16)21)27-13-14-8-6-7-11-17(14)26-15-9-4-3-5-10-15/h3-12H,2,13H2,1H3,(H2,21,22,23). The largest absolute Gasteiger partial charge is 0.462 e. The van der Waals surface area contributed by atoms with Crippen LogP contribution < -0.4 is 10.5 Å². The van der Waals surface area contributed by atoms with Gasteiger partial charge < -0.3 is 15.2 Å². The lowest BCUT2D eigenvalue weighted by Gasteiger charge is -2.11. The molecule has 0 aliphatic heterocycles. The van der Waals surface area contributed by atoms with Crippen molar-refractivity contribution in [3.63, 3.8) is 0 Å². The number of nitrogens with zero attached hydrogens (tertiary/aromatic N) is 2. The van der Waals surface area contributed by atoms with Gasteiger partial charge in [-0.2, -0.15) is 0 Å². The minimum absolute atomic E-state index is 0.111. The van der Waals surface area contributed by atoms with Gasteiger partial charge in [-0.25, -0.2) is 14.8 Å². The molecule has 6 nitrogen and oxygen atoms in total. The van der Waals surface area contributed by atoms with E-state index < -0.39 is 5.97 Å². The lowest BCUT2D eigenvalue weighted by Crippen LogP contribution is -2.10. The Bertz CT molecular complexity index is 919. The minimum Gasteiger partial charge on any atom is -0.462 e. The van der Waals surface area contributed by atoms with E-state index in [1.54, 1.807) is 6.92 Å². The van der Waals surface area contributed by atoms with Crippen molar-refractivity contribution in [3.8, 4) is 11.5 Å². The number of ether oxygens (including phenoxy) is 2. The van der Waals surface area contributed by atoms with Crippen molar-refractivity contribution in [2.75, 3.05) is 12.3 Å². The number of nitrogens with two attached hydrogens (primary N) is 1. The molecule has 138 valence electrons. The van der Waals surface area contributed by atoms with Crippen LogP contribution in [0.1, 0.15) is 22.8 Å². The Labute approximate surface area is 161 Å². The summed E-state index contributed by atoms with van der Waals surface area (Å²) in [7, 11) is 0. The van der Waals surface area contributed by atoms with E-state index in [4.69, 9.17) is 15.2 Å². The Morgan fingerprint density at radius 3 is 2.59 bits per heavy atom. The summed E-state index contributed by atoms with van der Waals surface area (Å²) >= 11 is 1.41. The average Bonchev–Trinajstić information content (AvgIpc) is 2.68. The Morgan fingerprint density at radius 2 is 1.85 bits per heavy atom. The van der Waals surface area contributed by atoms with Gasteiger partial charge in [0.1, 0.15) is 22.9 Å². The highest BCUT2D eigenvalue weighted by Gasteiger charge is 2.14. The lowest BCUT2D eigenvalue weighted by atomic mass is 10.2. The summed E-state index contributed by atoms with van der Waals surface area (Å²) in [6, 6.07) is 17.4. The maximum Gasteiger partial charge on any atom is 0.343 e. The molecule has 7 heteroatoms. The van der Waals surface area contributed by atoms with Crippen molar-refractivity contribution in [2.24, 2.45) is 0 Å². The molecule has 0 fully saturated rings. The maximum atomic E-state index is 11.8. The molecule has 3 rings (SSSR count). The van der Waals surface area contributed by atoms with E-state index in [-0.39, 0.29) is 18.0 Å². The molecule has 0 spiro atoms. The van der Waals surface area contributed by atoms with Crippen LogP contribution in [0.2, 0.25) is 0 Å². The van der Waals surface area contributed by atoms with Crippen LogP contribution in [0, 0.1) is 0 Å². The third kappa shape index (κ3) is 4.98. The van der Waals surface area contributed by atoms with Gasteiger partial charge in [0, 0.05) is 17.5 Å². The number of rotatable bonds is 7. The normalized spacial score (nSPS) is 10.4. The molecule has 0 unspecified atom stereocenters. The molecule has 1 heterocycles. The molecule has 0 atom stereocenters. The number of anilines is 1. The summed E-state index contributed by atoms with van der Waals surface area (Å²) < 4.78 is 10.9. The molecule has 0 saturated carbocycles. The number of benzene rings is 2. The van der Waals surface area contributed by atoms with Crippen LogP contribution in [0.15, 0.2) is 66.0 Å². The van der Waals surface area contributed by atoms with E-state index in [2.05, 4.69) is 9.97 Å². The molecule has 0 bridgehead atoms. The fraction of sp³-hybridized carbons (Fsp3) is 0.150. The van der Waals surface area contributed by atoms with Crippen LogP contribution in [-0.4, -0.2) is 22.5 Å². The summed E-state index contributed by atoms with van der Waals surface area (Å²) in [5.41, 5.74) is 7.04. The van der Waals surface area contributed by atoms with E-state index in [0.29, 0.717) is 10.9 Å². The molecule has 2 aromatic carbocycles. The molecule has 3 aromatic rings. The van der Waals surface area contributed by atoms with Gasteiger partial charge in [-0.15, -0.1) is 0 Å². The average molecular weight is 381 g/mol. The molecule has 1 aromatic heterocycles. The molecule has 27 heavy (non-hydrogen) atoms. The highest BCUT2D eigenvalue weighted by Crippen LogP contribution is 2.30. The molecule has 0 aliphatic carbocycles. The van der Waals surface area contributed by atoms with Crippen molar-refractivity contribution in [2.45, 2.75) is 17.8 Å². The van der Waals surface area contributed by atoms with Crippen LogP contribution in [0.3, 0.4) is 0 Å². The molecule has 0 aliphatic rings. The van der Waals surface area contributed by atoms with Gasteiger partial charge in [0.15, 0.2) is 5.16 Å². The first-order valence-electron chi connectivity index (χ1n) is 8.40. The zero-order valence-corrected chi connectivity index (χ0v) is 15.6. The number of nitrogen functional groups attached to an aromatic ring is 1. The Kier molecular flexibility index (Phi) is 6.27. The van der Waals surface area contributed by atoms with Crippen LogP contribution in [0.25, 0.3) is 0 Å². The Hall–Kier alpha value is -3.06. The van der Waals surface area contributed by atoms with Crippen molar-refractivity contribution in [1.29, 1.82) is 0 Å². The first-order chi connectivity index (χ1) is 13.2. The lowest BCUT2D eigenvalue weighted by molar-refractivity contribution is 0.0526. The summed E-state index contributed by atoms with van der Waals surface area (Å²) in [6.07, 6.45) is 1.40. The van der Waals surface area contributed by atoms with Crippen LogP contribution >= 0.6 is 11.8 Å². The second-order valence-electron chi connectivity index (χ2n) is 5.48.